The van der Waals surface area contributed by atoms with Crippen LogP contribution in [0.3, 0.4) is 0 Å². The Hall–Kier alpha value is -3.15. The van der Waals surface area contributed by atoms with Crippen molar-refractivity contribution >= 4 is 5.96 Å². The molecule has 0 amide bonds. The molecule has 1 aromatic heterocycles. The van der Waals surface area contributed by atoms with E-state index in [1.165, 1.54) is 11.6 Å². The summed E-state index contributed by atoms with van der Waals surface area (Å²) < 4.78 is 15.4. The molecule has 5 nitrogen and oxygen atoms in total. The van der Waals surface area contributed by atoms with Gasteiger partial charge in [0, 0.05) is 32.0 Å². The van der Waals surface area contributed by atoms with Crippen LogP contribution in [0.5, 0.6) is 0 Å². The van der Waals surface area contributed by atoms with Crippen molar-refractivity contribution in [2.24, 2.45) is 4.99 Å². The van der Waals surface area contributed by atoms with Crippen LogP contribution >= 0.6 is 0 Å². The van der Waals surface area contributed by atoms with Gasteiger partial charge in [0.25, 0.3) is 0 Å². The summed E-state index contributed by atoms with van der Waals surface area (Å²) in [6, 6.07) is 13.4. The van der Waals surface area contributed by atoms with Crippen molar-refractivity contribution in [1.82, 2.24) is 20.2 Å². The highest BCUT2D eigenvalue weighted by Crippen LogP contribution is 2.11. The molecule has 0 unspecified atom stereocenters. The summed E-state index contributed by atoms with van der Waals surface area (Å²) in [6.45, 7) is 8.93. The third kappa shape index (κ3) is 6.17. The van der Waals surface area contributed by atoms with Crippen LogP contribution in [0.15, 0.2) is 59.9 Å². The molecule has 0 bridgehead atoms. The molecule has 30 heavy (non-hydrogen) atoms. The Kier molecular flexibility index (Phi) is 7.60. The summed E-state index contributed by atoms with van der Waals surface area (Å²) in [5.74, 6) is 1.60. The molecule has 0 aliphatic heterocycles. The largest absolute Gasteiger partial charge is 0.357 e. The maximum Gasteiger partial charge on any atom is 0.191 e. The number of benzene rings is 2. The van der Waals surface area contributed by atoms with Gasteiger partial charge in [-0.25, -0.2) is 14.4 Å². The third-order valence-electron chi connectivity index (χ3n) is 5.02. The molecule has 0 radical (unpaired) electrons. The van der Waals surface area contributed by atoms with Crippen molar-refractivity contribution in [3.8, 4) is 0 Å². The second-order valence-electron chi connectivity index (χ2n) is 7.37. The molecule has 1 heterocycles. The maximum absolute atomic E-state index is 13.3. The number of hydrogen-bond donors (Lipinski definition) is 2. The van der Waals surface area contributed by atoms with Crippen molar-refractivity contribution in [1.29, 1.82) is 0 Å². The average molecular weight is 408 g/mol. The van der Waals surface area contributed by atoms with Crippen LogP contribution in [-0.2, 0) is 19.5 Å². The number of guanidine groups is 1. The lowest BCUT2D eigenvalue weighted by Gasteiger charge is -2.12. The normalized spacial score (nSPS) is 11.5. The van der Waals surface area contributed by atoms with Crippen LogP contribution in [0.2, 0.25) is 0 Å². The molecule has 0 saturated carbocycles. The Balaban J connectivity index is 1.58. The van der Waals surface area contributed by atoms with Crippen LogP contribution in [-0.4, -0.2) is 28.6 Å². The Morgan fingerprint density at radius 2 is 1.93 bits per heavy atom. The highest BCUT2D eigenvalue weighted by Gasteiger charge is 2.03. The molecule has 0 fully saturated rings. The van der Waals surface area contributed by atoms with Gasteiger partial charge in [0.2, 0.25) is 0 Å². The van der Waals surface area contributed by atoms with E-state index < -0.39 is 0 Å². The fourth-order valence-corrected chi connectivity index (χ4v) is 3.36. The summed E-state index contributed by atoms with van der Waals surface area (Å²) in [5, 5.41) is 6.66. The van der Waals surface area contributed by atoms with Crippen molar-refractivity contribution in [3.05, 3.63) is 88.8 Å². The highest BCUT2D eigenvalue weighted by atomic mass is 19.1. The first-order chi connectivity index (χ1) is 14.5. The summed E-state index contributed by atoms with van der Waals surface area (Å²) in [4.78, 5) is 9.00. The van der Waals surface area contributed by atoms with E-state index in [1.807, 2.05) is 32.3 Å². The molecule has 2 aromatic carbocycles. The number of nitrogens with one attached hydrogen (secondary N) is 2. The maximum atomic E-state index is 13.3. The topological polar surface area (TPSA) is 54.2 Å². The lowest BCUT2D eigenvalue weighted by molar-refractivity contribution is 0.625. The predicted octanol–water partition coefficient (Wildman–Crippen LogP) is 3.99. The molecule has 3 rings (SSSR count). The lowest BCUT2D eigenvalue weighted by Crippen LogP contribution is -2.38. The molecular weight excluding hydrogens is 377 g/mol. The number of rotatable bonds is 8. The minimum atomic E-state index is -0.190. The van der Waals surface area contributed by atoms with Gasteiger partial charge >= 0.3 is 0 Å². The molecule has 0 aliphatic rings. The SMILES string of the molecule is CCNC(=NCc1cccc(Cn2ccnc2C)c1)NCCc1ccc(F)cc1C. The number of aryl methyl sites for hydroxylation is 2. The van der Waals surface area contributed by atoms with Crippen molar-refractivity contribution < 1.29 is 4.39 Å². The number of hydrogen-bond acceptors (Lipinski definition) is 2. The molecule has 3 aromatic rings. The monoisotopic (exact) mass is 407 g/mol. The number of aromatic nitrogens is 2. The van der Waals surface area contributed by atoms with Gasteiger partial charge in [-0.1, -0.05) is 30.3 Å². The van der Waals surface area contributed by atoms with E-state index in [1.54, 1.807) is 6.07 Å². The molecule has 6 heteroatoms. The fraction of sp³-hybridized carbons (Fsp3) is 0.333. The quantitative estimate of drug-likeness (QED) is 0.439. The van der Waals surface area contributed by atoms with Gasteiger partial charge in [0.1, 0.15) is 11.6 Å². The van der Waals surface area contributed by atoms with Gasteiger partial charge in [0.15, 0.2) is 5.96 Å². The standard InChI is InChI=1S/C24H30FN5/c1-4-26-24(28-11-10-22-8-9-23(25)14-18(22)2)29-16-20-6-5-7-21(15-20)17-30-13-12-27-19(30)3/h5-9,12-15H,4,10-11,16-17H2,1-3H3,(H2,26,28,29). The second kappa shape index (κ2) is 10.6. The fourth-order valence-electron chi connectivity index (χ4n) is 3.36. The summed E-state index contributed by atoms with van der Waals surface area (Å²) in [5.41, 5.74) is 4.51. The van der Waals surface area contributed by atoms with E-state index in [0.717, 1.165) is 54.5 Å². The molecule has 2 N–H and O–H groups in total. The van der Waals surface area contributed by atoms with Gasteiger partial charge in [-0.2, -0.15) is 0 Å². The third-order valence-corrected chi connectivity index (χ3v) is 5.02. The number of imidazole rings is 1. The smallest absolute Gasteiger partial charge is 0.191 e. The Bertz CT molecular complexity index is 993. The van der Waals surface area contributed by atoms with Gasteiger partial charge < -0.3 is 15.2 Å². The Labute approximate surface area is 178 Å². The van der Waals surface area contributed by atoms with Crippen LogP contribution in [0.4, 0.5) is 4.39 Å². The molecule has 0 saturated heterocycles. The van der Waals surface area contributed by atoms with Crippen LogP contribution in [0.1, 0.15) is 35.0 Å². The first-order valence-corrected chi connectivity index (χ1v) is 10.4. The summed E-state index contributed by atoms with van der Waals surface area (Å²) in [6.07, 6.45) is 4.64. The van der Waals surface area contributed by atoms with Crippen LogP contribution in [0, 0.1) is 19.7 Å². The lowest BCUT2D eigenvalue weighted by atomic mass is 10.1. The van der Waals surface area contributed by atoms with E-state index in [9.17, 15) is 4.39 Å². The predicted molar refractivity (Wildman–Crippen MR) is 120 cm³/mol. The summed E-state index contributed by atoms with van der Waals surface area (Å²) >= 11 is 0. The van der Waals surface area contributed by atoms with E-state index in [2.05, 4.69) is 51.4 Å². The van der Waals surface area contributed by atoms with Gasteiger partial charge in [-0.3, -0.25) is 0 Å². The summed E-state index contributed by atoms with van der Waals surface area (Å²) in [7, 11) is 0. The molecule has 0 spiro atoms. The van der Waals surface area contributed by atoms with Crippen LogP contribution in [0.25, 0.3) is 0 Å². The van der Waals surface area contributed by atoms with Gasteiger partial charge in [-0.15, -0.1) is 0 Å². The van der Waals surface area contributed by atoms with Crippen molar-refractivity contribution in [2.45, 2.75) is 40.3 Å². The average Bonchev–Trinajstić information content (AvgIpc) is 3.12. The van der Waals surface area contributed by atoms with E-state index in [4.69, 9.17) is 4.99 Å². The number of halogens is 1. The Morgan fingerprint density at radius 1 is 1.10 bits per heavy atom. The second-order valence-corrected chi connectivity index (χ2v) is 7.37. The highest BCUT2D eigenvalue weighted by molar-refractivity contribution is 5.79. The minimum absolute atomic E-state index is 0.190. The van der Waals surface area contributed by atoms with E-state index in [-0.39, 0.29) is 5.82 Å². The first kappa shape index (κ1) is 21.6. The number of nitrogens with zero attached hydrogens (tertiary/aromatic N) is 3. The van der Waals surface area contributed by atoms with Crippen molar-refractivity contribution in [2.75, 3.05) is 13.1 Å². The molecule has 0 aliphatic carbocycles. The zero-order valence-electron chi connectivity index (χ0n) is 18.0. The molecule has 0 atom stereocenters. The Morgan fingerprint density at radius 3 is 2.67 bits per heavy atom. The van der Waals surface area contributed by atoms with E-state index >= 15 is 0 Å². The van der Waals surface area contributed by atoms with Gasteiger partial charge in [0.05, 0.1) is 6.54 Å². The van der Waals surface area contributed by atoms with Crippen LogP contribution < -0.4 is 10.6 Å². The zero-order valence-corrected chi connectivity index (χ0v) is 18.0. The molecule has 158 valence electrons. The van der Waals surface area contributed by atoms with Gasteiger partial charge in [-0.05, 0) is 61.6 Å². The zero-order chi connectivity index (χ0) is 21.3. The number of aliphatic imine (C=N–C) groups is 1. The minimum Gasteiger partial charge on any atom is -0.357 e. The van der Waals surface area contributed by atoms with E-state index in [0.29, 0.717) is 6.54 Å². The first-order valence-electron chi connectivity index (χ1n) is 10.4. The molecular formula is C24H30FN5. The van der Waals surface area contributed by atoms with Crippen molar-refractivity contribution in [3.63, 3.8) is 0 Å².